The first kappa shape index (κ1) is 12.8. The van der Waals surface area contributed by atoms with E-state index < -0.39 is 0 Å². The van der Waals surface area contributed by atoms with Crippen LogP contribution in [0.5, 0.6) is 0 Å². The van der Waals surface area contributed by atoms with Gasteiger partial charge in [0.15, 0.2) is 5.82 Å². The zero-order valence-electron chi connectivity index (χ0n) is 12.2. The summed E-state index contributed by atoms with van der Waals surface area (Å²) >= 11 is 0. The van der Waals surface area contributed by atoms with Crippen LogP contribution in [0.25, 0.3) is 17.1 Å². The summed E-state index contributed by atoms with van der Waals surface area (Å²) in [5.41, 5.74) is 3.10. The van der Waals surface area contributed by atoms with Gasteiger partial charge in [-0.1, -0.05) is 42.5 Å². The first-order valence-corrected chi connectivity index (χ1v) is 7.18. The predicted octanol–water partition coefficient (Wildman–Crippen LogP) is 2.93. The molecule has 0 unspecified atom stereocenters. The fourth-order valence-electron chi connectivity index (χ4n) is 2.72. The molecule has 108 valence electrons. The van der Waals surface area contributed by atoms with E-state index in [0.29, 0.717) is 6.42 Å². The molecule has 0 bridgehead atoms. The molecule has 1 aromatic heterocycles. The number of nitrogens with one attached hydrogen (secondary N) is 1. The Morgan fingerprint density at radius 2 is 1.77 bits per heavy atom. The molecular weight excluding hydrogens is 274 g/mol. The van der Waals surface area contributed by atoms with E-state index in [4.69, 9.17) is 0 Å². The van der Waals surface area contributed by atoms with Crippen molar-refractivity contribution < 1.29 is 0 Å². The maximum Gasteiger partial charge on any atom is 0.168 e. The van der Waals surface area contributed by atoms with Crippen LogP contribution in [0, 0.1) is 0 Å². The van der Waals surface area contributed by atoms with Gasteiger partial charge in [-0.15, -0.1) is 10.2 Å². The number of hydrogen-bond donors (Lipinski definition) is 1. The van der Waals surface area contributed by atoms with Gasteiger partial charge in [-0.25, -0.2) is 0 Å². The molecule has 0 radical (unpaired) electrons. The Balaban J connectivity index is 1.99. The van der Waals surface area contributed by atoms with E-state index in [1.807, 2.05) is 48.5 Å². The lowest BCUT2D eigenvalue weighted by molar-refractivity contribution is 0.947. The number of amidine groups is 1. The van der Waals surface area contributed by atoms with E-state index >= 15 is 0 Å². The number of rotatable bonds is 1. The molecule has 0 saturated carbocycles. The average Bonchev–Trinajstić information content (AvgIpc) is 2.91. The third-order valence-electron chi connectivity index (χ3n) is 3.78. The molecule has 1 N–H and O–H groups in total. The van der Waals surface area contributed by atoms with Crippen molar-refractivity contribution in [3.8, 4) is 17.1 Å². The van der Waals surface area contributed by atoms with E-state index in [9.17, 15) is 0 Å². The Hall–Kier alpha value is -2.95. The number of nitrogens with zero attached hydrogens (tertiary/aromatic N) is 4. The summed E-state index contributed by atoms with van der Waals surface area (Å²) in [7, 11) is 1.79. The monoisotopic (exact) mass is 289 g/mol. The van der Waals surface area contributed by atoms with E-state index in [-0.39, 0.29) is 0 Å². The standard InChI is InChI=1S/C17H15N5/c1-18-15-11-16-20-21-17(12-7-3-2-4-8-12)22(16)14-10-6-5-9-13(14)19-15/h2-10H,11H2,1H3,(H,18,19). The summed E-state index contributed by atoms with van der Waals surface area (Å²) in [5, 5.41) is 12.2. The maximum atomic E-state index is 4.41. The van der Waals surface area contributed by atoms with Gasteiger partial charge in [0.2, 0.25) is 0 Å². The zero-order valence-corrected chi connectivity index (χ0v) is 12.2. The molecule has 0 aliphatic carbocycles. The van der Waals surface area contributed by atoms with Crippen molar-refractivity contribution in [2.75, 3.05) is 12.4 Å². The fourth-order valence-corrected chi connectivity index (χ4v) is 2.72. The molecule has 1 aliphatic heterocycles. The second-order valence-electron chi connectivity index (χ2n) is 5.13. The SMILES string of the molecule is CN=C1Cc2nnc(-c3ccccc3)n2-c2ccccc2N1. The van der Waals surface area contributed by atoms with Crippen LogP contribution in [0.3, 0.4) is 0 Å². The lowest BCUT2D eigenvalue weighted by Gasteiger charge is -2.11. The largest absolute Gasteiger partial charge is 0.342 e. The highest BCUT2D eigenvalue weighted by Gasteiger charge is 2.22. The Morgan fingerprint density at radius 1 is 1.00 bits per heavy atom. The summed E-state index contributed by atoms with van der Waals surface area (Å²) in [6.07, 6.45) is 0.630. The molecule has 0 spiro atoms. The van der Waals surface area contributed by atoms with Gasteiger partial charge in [-0.2, -0.15) is 0 Å². The molecule has 0 fully saturated rings. The molecule has 2 heterocycles. The lowest BCUT2D eigenvalue weighted by atomic mass is 10.2. The van der Waals surface area contributed by atoms with Gasteiger partial charge < -0.3 is 5.32 Å². The van der Waals surface area contributed by atoms with Gasteiger partial charge in [-0.05, 0) is 12.1 Å². The van der Waals surface area contributed by atoms with Gasteiger partial charge in [0, 0.05) is 12.6 Å². The van der Waals surface area contributed by atoms with Crippen molar-refractivity contribution in [1.29, 1.82) is 0 Å². The van der Waals surface area contributed by atoms with E-state index in [1.165, 1.54) is 0 Å². The van der Waals surface area contributed by atoms with Crippen molar-refractivity contribution in [1.82, 2.24) is 14.8 Å². The molecule has 5 nitrogen and oxygen atoms in total. The quantitative estimate of drug-likeness (QED) is 0.749. The zero-order chi connectivity index (χ0) is 14.9. The van der Waals surface area contributed by atoms with Gasteiger partial charge >= 0.3 is 0 Å². The molecule has 0 saturated heterocycles. The maximum absolute atomic E-state index is 4.41. The second-order valence-corrected chi connectivity index (χ2v) is 5.13. The Labute approximate surface area is 128 Å². The topological polar surface area (TPSA) is 55.1 Å². The van der Waals surface area contributed by atoms with Gasteiger partial charge in [0.1, 0.15) is 11.7 Å². The molecule has 4 rings (SSSR count). The fraction of sp³-hybridized carbons (Fsp3) is 0.118. The van der Waals surface area contributed by atoms with Gasteiger partial charge in [0.05, 0.1) is 17.8 Å². The molecule has 0 amide bonds. The third-order valence-corrected chi connectivity index (χ3v) is 3.78. The highest BCUT2D eigenvalue weighted by molar-refractivity contribution is 5.99. The number of benzene rings is 2. The molecule has 1 aliphatic rings. The molecule has 3 aromatic rings. The minimum atomic E-state index is 0.630. The Kier molecular flexibility index (Phi) is 2.96. The summed E-state index contributed by atoms with van der Waals surface area (Å²) < 4.78 is 2.11. The summed E-state index contributed by atoms with van der Waals surface area (Å²) in [4.78, 5) is 4.31. The molecule has 2 aromatic carbocycles. The smallest absolute Gasteiger partial charge is 0.168 e. The summed E-state index contributed by atoms with van der Waals surface area (Å²) in [6, 6.07) is 18.3. The molecule has 22 heavy (non-hydrogen) atoms. The molecule has 0 atom stereocenters. The van der Waals surface area contributed by atoms with Crippen LogP contribution >= 0.6 is 0 Å². The Morgan fingerprint density at radius 3 is 2.59 bits per heavy atom. The van der Waals surface area contributed by atoms with E-state index in [1.54, 1.807) is 7.05 Å². The van der Waals surface area contributed by atoms with Crippen molar-refractivity contribution in [2.24, 2.45) is 4.99 Å². The third kappa shape index (κ3) is 1.98. The Bertz CT molecular complexity index is 848. The van der Waals surface area contributed by atoms with E-state index in [2.05, 4.69) is 31.1 Å². The van der Waals surface area contributed by atoms with Crippen LogP contribution in [-0.4, -0.2) is 27.6 Å². The lowest BCUT2D eigenvalue weighted by Crippen LogP contribution is -2.14. The minimum absolute atomic E-state index is 0.630. The van der Waals surface area contributed by atoms with Crippen LogP contribution in [0.1, 0.15) is 5.82 Å². The van der Waals surface area contributed by atoms with Crippen molar-refractivity contribution in [2.45, 2.75) is 6.42 Å². The molecule has 5 heteroatoms. The highest BCUT2D eigenvalue weighted by Crippen LogP contribution is 2.30. The number of hydrogen-bond acceptors (Lipinski definition) is 3. The van der Waals surface area contributed by atoms with Crippen molar-refractivity contribution in [3.05, 3.63) is 60.4 Å². The predicted molar refractivity (Wildman–Crippen MR) is 87.5 cm³/mol. The number of para-hydroxylation sites is 2. The van der Waals surface area contributed by atoms with Gasteiger partial charge in [0.25, 0.3) is 0 Å². The van der Waals surface area contributed by atoms with Crippen molar-refractivity contribution >= 4 is 11.5 Å². The van der Waals surface area contributed by atoms with E-state index in [0.717, 1.165) is 34.4 Å². The number of aliphatic imine (C=N–C) groups is 1. The van der Waals surface area contributed by atoms with Crippen LogP contribution in [0.15, 0.2) is 59.6 Å². The first-order chi connectivity index (χ1) is 10.9. The van der Waals surface area contributed by atoms with Crippen LogP contribution in [0.4, 0.5) is 5.69 Å². The minimum Gasteiger partial charge on any atom is -0.342 e. The summed E-state index contributed by atoms with van der Waals surface area (Å²) in [5.74, 6) is 2.62. The highest BCUT2D eigenvalue weighted by atomic mass is 15.3. The first-order valence-electron chi connectivity index (χ1n) is 7.18. The van der Waals surface area contributed by atoms with Crippen molar-refractivity contribution in [3.63, 3.8) is 0 Å². The second kappa shape index (κ2) is 5.11. The van der Waals surface area contributed by atoms with Crippen LogP contribution < -0.4 is 5.32 Å². The van der Waals surface area contributed by atoms with Crippen LogP contribution in [0.2, 0.25) is 0 Å². The summed E-state index contributed by atoms with van der Waals surface area (Å²) in [6.45, 7) is 0. The van der Waals surface area contributed by atoms with Gasteiger partial charge in [-0.3, -0.25) is 9.56 Å². The van der Waals surface area contributed by atoms with Crippen LogP contribution in [-0.2, 0) is 6.42 Å². The number of fused-ring (bicyclic) bond motifs is 3. The average molecular weight is 289 g/mol. The number of aromatic nitrogens is 3. The normalized spacial score (nSPS) is 14.9. The number of anilines is 1. The molecular formula is C17H15N5.